The van der Waals surface area contributed by atoms with E-state index in [0.717, 1.165) is 37.1 Å². The summed E-state index contributed by atoms with van der Waals surface area (Å²) in [6.45, 7) is 6.12. The van der Waals surface area contributed by atoms with Crippen LogP contribution in [-0.2, 0) is 10.0 Å². The van der Waals surface area contributed by atoms with Gasteiger partial charge in [0.1, 0.15) is 10.7 Å². The summed E-state index contributed by atoms with van der Waals surface area (Å²) in [5, 5.41) is 0. The SMILES string of the molecule is CC1CN(c2ccc(S(=O)(=O)Nc3ccc(F)c(F)c3)cn2)CC1C. The highest BCUT2D eigenvalue weighted by molar-refractivity contribution is 7.92. The molecular formula is C17H19F2N3O2S. The third kappa shape index (κ3) is 3.73. The standard InChI is InChI=1S/C17H19F2N3O2S/c1-11-9-22(10-12(11)2)17-6-4-14(8-20-17)25(23,24)21-13-3-5-15(18)16(19)7-13/h3-8,11-12,21H,9-10H2,1-2H3. The number of nitrogens with zero attached hydrogens (tertiary/aromatic N) is 2. The zero-order valence-electron chi connectivity index (χ0n) is 13.9. The quantitative estimate of drug-likeness (QED) is 0.901. The lowest BCUT2D eigenvalue weighted by Crippen LogP contribution is -2.21. The lowest BCUT2D eigenvalue weighted by atomic mass is 10.0. The van der Waals surface area contributed by atoms with Crippen molar-refractivity contribution in [2.75, 3.05) is 22.7 Å². The van der Waals surface area contributed by atoms with Gasteiger partial charge in [0.05, 0.1) is 5.69 Å². The average Bonchev–Trinajstić information content (AvgIpc) is 2.90. The topological polar surface area (TPSA) is 62.3 Å². The van der Waals surface area contributed by atoms with Crippen LogP contribution in [-0.4, -0.2) is 26.5 Å². The molecule has 1 saturated heterocycles. The Kier molecular flexibility index (Phi) is 4.64. The predicted octanol–water partition coefficient (Wildman–Crippen LogP) is 3.25. The number of rotatable bonds is 4. The number of nitrogens with one attached hydrogen (secondary N) is 1. The summed E-state index contributed by atoms with van der Waals surface area (Å²) in [5.41, 5.74) is -0.0508. The van der Waals surface area contributed by atoms with Crippen molar-refractivity contribution in [1.82, 2.24) is 4.98 Å². The monoisotopic (exact) mass is 367 g/mol. The van der Waals surface area contributed by atoms with E-state index in [0.29, 0.717) is 11.8 Å². The molecule has 2 atom stereocenters. The molecule has 2 aromatic rings. The highest BCUT2D eigenvalue weighted by atomic mass is 32.2. The normalized spacial score (nSPS) is 20.7. The fourth-order valence-electron chi connectivity index (χ4n) is 2.81. The molecule has 0 bridgehead atoms. The van der Waals surface area contributed by atoms with Crippen molar-refractivity contribution in [3.63, 3.8) is 0 Å². The van der Waals surface area contributed by atoms with Crippen LogP contribution in [0.5, 0.6) is 0 Å². The van der Waals surface area contributed by atoms with Crippen molar-refractivity contribution in [2.24, 2.45) is 11.8 Å². The number of hydrogen-bond donors (Lipinski definition) is 1. The van der Waals surface area contributed by atoms with Crippen molar-refractivity contribution in [3.05, 3.63) is 48.2 Å². The number of halogens is 2. The maximum absolute atomic E-state index is 13.2. The third-order valence-corrected chi connectivity index (χ3v) is 5.88. The summed E-state index contributed by atoms with van der Waals surface area (Å²) in [6.07, 6.45) is 1.27. The van der Waals surface area contributed by atoms with E-state index in [-0.39, 0.29) is 10.6 Å². The van der Waals surface area contributed by atoms with Gasteiger partial charge in [-0.1, -0.05) is 13.8 Å². The molecule has 8 heteroatoms. The smallest absolute Gasteiger partial charge is 0.263 e. The van der Waals surface area contributed by atoms with Crippen LogP contribution in [0, 0.1) is 23.5 Å². The van der Waals surface area contributed by atoms with Gasteiger partial charge in [0.2, 0.25) is 0 Å². The van der Waals surface area contributed by atoms with Crippen molar-refractivity contribution in [2.45, 2.75) is 18.7 Å². The molecule has 1 fully saturated rings. The first-order chi connectivity index (χ1) is 11.8. The molecule has 0 radical (unpaired) electrons. The highest BCUT2D eigenvalue weighted by Gasteiger charge is 2.27. The van der Waals surface area contributed by atoms with E-state index in [4.69, 9.17) is 0 Å². The fraction of sp³-hybridized carbons (Fsp3) is 0.353. The van der Waals surface area contributed by atoms with Crippen molar-refractivity contribution >= 4 is 21.5 Å². The van der Waals surface area contributed by atoms with Gasteiger partial charge in [-0.05, 0) is 36.1 Å². The van der Waals surface area contributed by atoms with Crippen molar-refractivity contribution < 1.29 is 17.2 Å². The van der Waals surface area contributed by atoms with Crippen LogP contribution in [0.2, 0.25) is 0 Å². The number of pyridine rings is 1. The lowest BCUT2D eigenvalue weighted by molar-refractivity contribution is 0.494. The Labute approximate surface area is 145 Å². The second-order valence-electron chi connectivity index (χ2n) is 6.45. The zero-order valence-corrected chi connectivity index (χ0v) is 14.7. The number of sulfonamides is 1. The molecule has 0 aliphatic carbocycles. The van der Waals surface area contributed by atoms with Crippen LogP contribution in [0.4, 0.5) is 20.3 Å². The molecule has 3 rings (SSSR count). The molecule has 134 valence electrons. The van der Waals surface area contributed by atoms with Crippen LogP contribution in [0.25, 0.3) is 0 Å². The van der Waals surface area contributed by atoms with E-state index >= 15 is 0 Å². The molecule has 2 heterocycles. The highest BCUT2D eigenvalue weighted by Crippen LogP contribution is 2.27. The van der Waals surface area contributed by atoms with Gasteiger partial charge in [-0.3, -0.25) is 4.72 Å². The van der Waals surface area contributed by atoms with Gasteiger partial charge in [0.15, 0.2) is 11.6 Å². The first-order valence-corrected chi connectivity index (χ1v) is 9.43. The Hall–Kier alpha value is -2.22. The number of hydrogen-bond acceptors (Lipinski definition) is 4. The van der Waals surface area contributed by atoms with Crippen LogP contribution in [0.3, 0.4) is 0 Å². The molecule has 2 unspecified atom stereocenters. The Morgan fingerprint density at radius 2 is 1.76 bits per heavy atom. The lowest BCUT2D eigenvalue weighted by Gasteiger charge is -2.17. The Morgan fingerprint density at radius 3 is 2.32 bits per heavy atom. The van der Waals surface area contributed by atoms with E-state index in [1.165, 1.54) is 12.3 Å². The maximum atomic E-state index is 13.2. The Balaban J connectivity index is 1.77. The molecule has 1 aliphatic heterocycles. The first-order valence-electron chi connectivity index (χ1n) is 7.95. The van der Waals surface area contributed by atoms with Gasteiger partial charge >= 0.3 is 0 Å². The number of benzene rings is 1. The summed E-state index contributed by atoms with van der Waals surface area (Å²) in [5.74, 6) is -0.322. The average molecular weight is 367 g/mol. The van der Waals surface area contributed by atoms with Gasteiger partial charge < -0.3 is 4.90 Å². The maximum Gasteiger partial charge on any atom is 0.263 e. The molecule has 0 spiro atoms. The zero-order chi connectivity index (χ0) is 18.2. The summed E-state index contributed by atoms with van der Waals surface area (Å²) in [6, 6.07) is 5.93. The van der Waals surface area contributed by atoms with E-state index in [2.05, 4.69) is 28.5 Å². The van der Waals surface area contributed by atoms with E-state index < -0.39 is 21.7 Å². The van der Waals surface area contributed by atoms with Crippen LogP contribution in [0.1, 0.15) is 13.8 Å². The van der Waals surface area contributed by atoms with Crippen LogP contribution >= 0.6 is 0 Å². The van der Waals surface area contributed by atoms with Gasteiger partial charge in [-0.2, -0.15) is 0 Å². The van der Waals surface area contributed by atoms with E-state index in [1.807, 2.05) is 0 Å². The molecule has 0 amide bonds. The van der Waals surface area contributed by atoms with Crippen LogP contribution in [0.15, 0.2) is 41.4 Å². The summed E-state index contributed by atoms with van der Waals surface area (Å²) in [4.78, 5) is 6.32. The molecular weight excluding hydrogens is 348 g/mol. The van der Waals surface area contributed by atoms with Crippen molar-refractivity contribution in [3.8, 4) is 0 Å². The summed E-state index contributed by atoms with van der Waals surface area (Å²) in [7, 11) is -3.92. The molecule has 1 aliphatic rings. The second-order valence-corrected chi connectivity index (χ2v) is 8.13. The summed E-state index contributed by atoms with van der Waals surface area (Å²) >= 11 is 0. The van der Waals surface area contributed by atoms with Gasteiger partial charge in [-0.25, -0.2) is 22.2 Å². The van der Waals surface area contributed by atoms with E-state index in [1.54, 1.807) is 6.07 Å². The predicted molar refractivity (Wildman–Crippen MR) is 91.9 cm³/mol. The first kappa shape index (κ1) is 17.6. The minimum atomic E-state index is -3.92. The minimum Gasteiger partial charge on any atom is -0.356 e. The third-order valence-electron chi connectivity index (χ3n) is 4.51. The second kappa shape index (κ2) is 6.59. The van der Waals surface area contributed by atoms with E-state index in [9.17, 15) is 17.2 Å². The van der Waals surface area contributed by atoms with Gasteiger partial charge in [0.25, 0.3) is 10.0 Å². The van der Waals surface area contributed by atoms with Gasteiger partial charge in [0, 0.05) is 25.4 Å². The van der Waals surface area contributed by atoms with Crippen LogP contribution < -0.4 is 9.62 Å². The fourth-order valence-corrected chi connectivity index (χ4v) is 3.80. The molecule has 1 aromatic carbocycles. The summed E-state index contributed by atoms with van der Waals surface area (Å²) < 4.78 is 53.1. The number of anilines is 2. The molecule has 5 nitrogen and oxygen atoms in total. The van der Waals surface area contributed by atoms with Gasteiger partial charge in [-0.15, -0.1) is 0 Å². The molecule has 1 aromatic heterocycles. The minimum absolute atomic E-state index is 0.0405. The Bertz CT molecular complexity index is 862. The molecule has 25 heavy (non-hydrogen) atoms. The number of aromatic nitrogens is 1. The van der Waals surface area contributed by atoms with Crippen molar-refractivity contribution in [1.29, 1.82) is 0 Å². The molecule has 0 saturated carbocycles. The Morgan fingerprint density at radius 1 is 1.08 bits per heavy atom. The largest absolute Gasteiger partial charge is 0.356 e. The molecule has 1 N–H and O–H groups in total.